The molecular weight excluding hydrogens is 366 g/mol. The van der Waals surface area contributed by atoms with Crippen molar-refractivity contribution in [2.45, 2.75) is 12.8 Å². The second-order valence-electron chi connectivity index (χ2n) is 6.24. The molecule has 0 saturated heterocycles. The number of nitrogens with zero attached hydrogens (tertiary/aromatic N) is 1. The monoisotopic (exact) mass is 389 g/mol. The van der Waals surface area contributed by atoms with Gasteiger partial charge in [0.2, 0.25) is 11.8 Å². The van der Waals surface area contributed by atoms with E-state index in [4.69, 9.17) is 16.3 Å². The number of hydrogen-bond donors (Lipinski definition) is 2. The van der Waals surface area contributed by atoms with Crippen molar-refractivity contribution in [2.75, 3.05) is 38.4 Å². The molecule has 0 aliphatic rings. The highest BCUT2D eigenvalue weighted by Crippen LogP contribution is 2.27. The van der Waals surface area contributed by atoms with E-state index in [1.165, 1.54) is 7.11 Å². The average molecular weight is 390 g/mol. The van der Waals surface area contributed by atoms with Gasteiger partial charge in [0, 0.05) is 31.9 Å². The number of anilines is 2. The third kappa shape index (κ3) is 6.49. The third-order valence-corrected chi connectivity index (χ3v) is 4.26. The van der Waals surface area contributed by atoms with Crippen molar-refractivity contribution in [3.05, 3.63) is 53.1 Å². The number of amides is 2. The van der Waals surface area contributed by atoms with Gasteiger partial charge in [0.1, 0.15) is 5.75 Å². The number of ether oxygens (including phenoxy) is 1. The van der Waals surface area contributed by atoms with E-state index in [0.717, 1.165) is 11.3 Å². The van der Waals surface area contributed by atoms with Crippen LogP contribution in [0.25, 0.3) is 0 Å². The van der Waals surface area contributed by atoms with Crippen molar-refractivity contribution < 1.29 is 14.3 Å². The van der Waals surface area contributed by atoms with Crippen LogP contribution >= 0.6 is 11.6 Å². The lowest BCUT2D eigenvalue weighted by molar-refractivity contribution is -0.128. The largest absolute Gasteiger partial charge is 0.495 e. The average Bonchev–Trinajstić information content (AvgIpc) is 2.65. The van der Waals surface area contributed by atoms with Crippen molar-refractivity contribution in [3.63, 3.8) is 0 Å². The Hall–Kier alpha value is -2.73. The number of carbonyl (C=O) groups is 2. The first kappa shape index (κ1) is 20.6. The smallest absolute Gasteiger partial charge is 0.243 e. The molecule has 0 fully saturated rings. The van der Waals surface area contributed by atoms with Crippen molar-refractivity contribution in [3.8, 4) is 5.75 Å². The van der Waals surface area contributed by atoms with E-state index in [1.807, 2.05) is 24.3 Å². The Bertz CT molecular complexity index is 792. The van der Waals surface area contributed by atoms with Gasteiger partial charge in [-0.3, -0.25) is 9.59 Å². The van der Waals surface area contributed by atoms with Crippen LogP contribution in [0, 0.1) is 0 Å². The van der Waals surface area contributed by atoms with Crippen molar-refractivity contribution >= 4 is 34.8 Å². The fourth-order valence-electron chi connectivity index (χ4n) is 2.40. The highest BCUT2D eigenvalue weighted by molar-refractivity contribution is 6.32. The maximum absolute atomic E-state index is 12.1. The summed E-state index contributed by atoms with van der Waals surface area (Å²) in [6.07, 6.45) is 1.17. The molecule has 7 heteroatoms. The van der Waals surface area contributed by atoms with Crippen molar-refractivity contribution in [2.24, 2.45) is 0 Å². The summed E-state index contributed by atoms with van der Waals surface area (Å²) >= 11 is 6.05. The molecule has 2 N–H and O–H groups in total. The van der Waals surface area contributed by atoms with Crippen LogP contribution in [0.5, 0.6) is 5.75 Å². The summed E-state index contributed by atoms with van der Waals surface area (Å²) in [7, 11) is 5.04. The highest BCUT2D eigenvalue weighted by atomic mass is 35.5. The summed E-state index contributed by atoms with van der Waals surface area (Å²) in [4.78, 5) is 25.3. The first-order valence-corrected chi connectivity index (χ1v) is 8.93. The van der Waals surface area contributed by atoms with Gasteiger partial charge in [-0.05, 0) is 42.3 Å². The van der Waals surface area contributed by atoms with Crippen LogP contribution in [-0.2, 0) is 16.0 Å². The quantitative estimate of drug-likeness (QED) is 0.725. The molecule has 0 spiro atoms. The van der Waals surface area contributed by atoms with Crippen molar-refractivity contribution in [1.82, 2.24) is 4.90 Å². The fourth-order valence-corrected chi connectivity index (χ4v) is 2.65. The summed E-state index contributed by atoms with van der Waals surface area (Å²) < 4.78 is 5.08. The van der Waals surface area contributed by atoms with Gasteiger partial charge in [0.25, 0.3) is 0 Å². The molecule has 0 unspecified atom stereocenters. The first-order chi connectivity index (χ1) is 12.9. The molecule has 144 valence electrons. The number of halogens is 1. The molecule has 2 aromatic rings. The second kappa shape index (κ2) is 9.83. The summed E-state index contributed by atoms with van der Waals surface area (Å²) in [5.41, 5.74) is 2.52. The maximum atomic E-state index is 12.1. The molecule has 0 aliphatic carbocycles. The Morgan fingerprint density at radius 3 is 2.33 bits per heavy atom. The lowest BCUT2D eigenvalue weighted by Gasteiger charge is -2.11. The van der Waals surface area contributed by atoms with E-state index < -0.39 is 0 Å². The fraction of sp³-hybridized carbons (Fsp3) is 0.300. The molecule has 27 heavy (non-hydrogen) atoms. The zero-order valence-electron chi connectivity index (χ0n) is 15.7. The molecule has 2 aromatic carbocycles. The minimum atomic E-state index is -0.183. The van der Waals surface area contributed by atoms with Gasteiger partial charge in [-0.15, -0.1) is 0 Å². The van der Waals surface area contributed by atoms with Gasteiger partial charge in [0.15, 0.2) is 0 Å². The zero-order chi connectivity index (χ0) is 19.8. The molecule has 2 rings (SSSR count). The molecule has 0 bridgehead atoms. The van der Waals surface area contributed by atoms with Crippen LogP contribution in [0.3, 0.4) is 0 Å². The molecular formula is C20H24ClN3O3. The van der Waals surface area contributed by atoms with Gasteiger partial charge in [-0.25, -0.2) is 0 Å². The summed E-state index contributed by atoms with van der Waals surface area (Å²) in [5.74, 6) is 0.476. The molecule has 2 amide bonds. The predicted octanol–water partition coefficient (Wildman–Crippen LogP) is 3.42. The Labute approximate surface area is 164 Å². The van der Waals surface area contributed by atoms with E-state index >= 15 is 0 Å². The topological polar surface area (TPSA) is 70.7 Å². The molecule has 0 heterocycles. The van der Waals surface area contributed by atoms with Crippen LogP contribution in [0.15, 0.2) is 42.5 Å². The van der Waals surface area contributed by atoms with Gasteiger partial charge >= 0.3 is 0 Å². The third-order valence-electron chi connectivity index (χ3n) is 3.97. The lowest BCUT2D eigenvalue weighted by Crippen LogP contribution is -2.22. The SMILES string of the molecule is COc1ccc(NC(=O)CNc2ccc(CCC(=O)N(C)C)cc2)cc1Cl. The minimum absolute atomic E-state index is 0.104. The van der Waals surface area contributed by atoms with Crippen LogP contribution in [0.4, 0.5) is 11.4 Å². The summed E-state index contributed by atoms with van der Waals surface area (Å²) in [5, 5.41) is 6.28. The van der Waals surface area contributed by atoms with E-state index in [-0.39, 0.29) is 18.4 Å². The van der Waals surface area contributed by atoms with Crippen LogP contribution in [0.1, 0.15) is 12.0 Å². The molecule has 0 saturated carbocycles. The number of rotatable bonds is 8. The number of nitrogens with one attached hydrogen (secondary N) is 2. The number of carbonyl (C=O) groups excluding carboxylic acids is 2. The van der Waals surface area contributed by atoms with Crippen LogP contribution in [0.2, 0.25) is 5.02 Å². The first-order valence-electron chi connectivity index (χ1n) is 8.55. The predicted molar refractivity (Wildman–Crippen MR) is 109 cm³/mol. The van der Waals surface area contributed by atoms with Crippen LogP contribution < -0.4 is 15.4 Å². The Kier molecular flexibility index (Phi) is 7.49. The van der Waals surface area contributed by atoms with E-state index in [9.17, 15) is 9.59 Å². The number of hydrogen-bond acceptors (Lipinski definition) is 4. The maximum Gasteiger partial charge on any atom is 0.243 e. The van der Waals surface area contributed by atoms with Gasteiger partial charge in [0.05, 0.1) is 18.7 Å². The second-order valence-corrected chi connectivity index (χ2v) is 6.64. The normalized spacial score (nSPS) is 10.2. The molecule has 6 nitrogen and oxygen atoms in total. The van der Waals surface area contributed by atoms with E-state index in [2.05, 4.69) is 10.6 Å². The molecule has 0 radical (unpaired) electrons. The lowest BCUT2D eigenvalue weighted by atomic mass is 10.1. The molecule has 0 aliphatic heterocycles. The Morgan fingerprint density at radius 1 is 1.07 bits per heavy atom. The molecule has 0 aromatic heterocycles. The standard InChI is InChI=1S/C20H24ClN3O3/c1-24(2)20(26)11-6-14-4-7-15(8-5-14)22-13-19(25)23-16-9-10-18(27-3)17(21)12-16/h4-5,7-10,12,22H,6,11,13H2,1-3H3,(H,23,25). The summed E-state index contributed by atoms with van der Waals surface area (Å²) in [6.45, 7) is 0.127. The number of benzene rings is 2. The van der Waals surface area contributed by atoms with Crippen LogP contribution in [-0.4, -0.2) is 44.5 Å². The van der Waals surface area contributed by atoms with Gasteiger partial charge in [-0.2, -0.15) is 0 Å². The van der Waals surface area contributed by atoms with Gasteiger partial charge in [-0.1, -0.05) is 23.7 Å². The zero-order valence-corrected chi connectivity index (χ0v) is 16.5. The summed E-state index contributed by atoms with van der Waals surface area (Å²) in [6, 6.07) is 12.8. The Balaban J connectivity index is 1.81. The minimum Gasteiger partial charge on any atom is -0.495 e. The number of aryl methyl sites for hydroxylation is 1. The van der Waals surface area contributed by atoms with E-state index in [1.54, 1.807) is 37.2 Å². The molecule has 0 atom stereocenters. The van der Waals surface area contributed by atoms with E-state index in [0.29, 0.717) is 29.3 Å². The van der Waals surface area contributed by atoms with Crippen molar-refractivity contribution in [1.29, 1.82) is 0 Å². The van der Waals surface area contributed by atoms with Gasteiger partial charge < -0.3 is 20.3 Å². The Morgan fingerprint density at radius 2 is 1.74 bits per heavy atom. The highest BCUT2D eigenvalue weighted by Gasteiger charge is 2.07. The number of methoxy groups -OCH3 is 1.